The van der Waals surface area contributed by atoms with Gasteiger partial charge in [0.2, 0.25) is 0 Å². The third kappa shape index (κ3) is 3.37. The van der Waals surface area contributed by atoms with E-state index in [1.165, 1.54) is 16.7 Å². The summed E-state index contributed by atoms with van der Waals surface area (Å²) in [5.41, 5.74) is 2.76. The highest BCUT2D eigenvalue weighted by Gasteiger charge is 2.33. The van der Waals surface area contributed by atoms with Gasteiger partial charge in [-0.15, -0.1) is 0 Å². The first-order chi connectivity index (χ1) is 13.4. The van der Waals surface area contributed by atoms with Crippen molar-refractivity contribution in [3.63, 3.8) is 0 Å². The number of carbonyl (C=O) groups excluding carboxylic acids is 1. The van der Waals surface area contributed by atoms with Gasteiger partial charge in [0, 0.05) is 28.7 Å². The highest BCUT2D eigenvalue weighted by Crippen LogP contribution is 2.39. The van der Waals surface area contributed by atoms with Crippen LogP contribution in [0.25, 0.3) is 17.0 Å². The number of rotatable bonds is 3. The Hall–Kier alpha value is -1.79. The molecule has 2 aromatic carbocycles. The summed E-state index contributed by atoms with van der Waals surface area (Å²) in [5, 5.41) is 1.93. The Kier molecular flexibility index (Phi) is 5.27. The molecule has 1 fully saturated rings. The number of benzene rings is 2. The molecular weight excluding hydrogens is 431 g/mol. The molecular formula is C21H16Cl2N2OS2. The van der Waals surface area contributed by atoms with Gasteiger partial charge in [0.05, 0.1) is 20.6 Å². The summed E-state index contributed by atoms with van der Waals surface area (Å²) in [6, 6.07) is 13.6. The van der Waals surface area contributed by atoms with Crippen LogP contribution in [0.4, 0.5) is 5.69 Å². The summed E-state index contributed by atoms with van der Waals surface area (Å²) in [7, 11) is 0. The normalized spacial score (nSPS) is 16.2. The van der Waals surface area contributed by atoms with Crippen LogP contribution in [0.3, 0.4) is 0 Å². The zero-order chi connectivity index (χ0) is 20.0. The van der Waals surface area contributed by atoms with Crippen molar-refractivity contribution in [1.29, 1.82) is 0 Å². The van der Waals surface area contributed by atoms with Gasteiger partial charge in [0.25, 0.3) is 5.91 Å². The van der Waals surface area contributed by atoms with Gasteiger partial charge in [-0.3, -0.25) is 9.69 Å². The lowest BCUT2D eigenvalue weighted by molar-refractivity contribution is -0.113. The molecule has 1 aromatic heterocycles. The molecule has 0 unspecified atom stereocenters. The summed E-state index contributed by atoms with van der Waals surface area (Å²) in [6.45, 7) is 4.28. The molecule has 28 heavy (non-hydrogen) atoms. The molecule has 3 aromatic rings. The maximum atomic E-state index is 13.1. The van der Waals surface area contributed by atoms with Crippen molar-refractivity contribution in [3.05, 3.63) is 69.2 Å². The van der Waals surface area contributed by atoms with Gasteiger partial charge in [-0.2, -0.15) is 0 Å². The van der Waals surface area contributed by atoms with Crippen molar-refractivity contribution in [2.75, 3.05) is 4.90 Å². The summed E-state index contributed by atoms with van der Waals surface area (Å²) in [6.07, 6.45) is 4.00. The van der Waals surface area contributed by atoms with Gasteiger partial charge in [-0.05, 0) is 44.2 Å². The Bertz CT molecular complexity index is 1150. The third-order valence-electron chi connectivity index (χ3n) is 4.57. The monoisotopic (exact) mass is 446 g/mol. The molecule has 142 valence electrons. The molecule has 1 aliphatic rings. The zero-order valence-corrected chi connectivity index (χ0v) is 18.3. The smallest absolute Gasteiger partial charge is 0.270 e. The van der Waals surface area contributed by atoms with Gasteiger partial charge in [0.1, 0.15) is 0 Å². The molecule has 0 aliphatic carbocycles. The molecule has 0 spiro atoms. The first kappa shape index (κ1) is 19.5. The molecule has 1 saturated heterocycles. The minimum Gasteiger partial charge on any atom is -0.344 e. The summed E-state index contributed by atoms with van der Waals surface area (Å²) < 4.78 is 2.68. The lowest BCUT2D eigenvalue weighted by atomic mass is 10.1. The third-order valence-corrected chi connectivity index (χ3v) is 6.61. The topological polar surface area (TPSA) is 25.2 Å². The number of fused-ring (bicyclic) bond motifs is 1. The molecule has 0 atom stereocenters. The van der Waals surface area contributed by atoms with Crippen LogP contribution in [0, 0.1) is 0 Å². The summed E-state index contributed by atoms with van der Waals surface area (Å²) >= 11 is 18.9. The Labute approximate surface area is 182 Å². The number of halogens is 2. The largest absolute Gasteiger partial charge is 0.344 e. The van der Waals surface area contributed by atoms with Crippen molar-refractivity contribution >= 4 is 80.1 Å². The van der Waals surface area contributed by atoms with Crippen LogP contribution in [0.2, 0.25) is 10.0 Å². The standard InChI is InChI=1S/C21H16Cl2N2OS2/c1-12(2)24-11-13(15-5-3-4-6-18(15)24)9-19-20(26)25(21(27)28-19)14-7-8-16(22)17(23)10-14/h3-12H,1-2H3/b19-9-. The van der Waals surface area contributed by atoms with Crippen LogP contribution in [0.15, 0.2) is 53.6 Å². The average Bonchev–Trinajstić information content (AvgIpc) is 3.16. The molecule has 0 bridgehead atoms. The van der Waals surface area contributed by atoms with Gasteiger partial charge in [0.15, 0.2) is 4.32 Å². The van der Waals surface area contributed by atoms with E-state index < -0.39 is 0 Å². The van der Waals surface area contributed by atoms with E-state index in [4.69, 9.17) is 35.4 Å². The lowest BCUT2D eigenvalue weighted by Gasteiger charge is -2.15. The first-order valence-corrected chi connectivity index (χ1v) is 10.7. The van der Waals surface area contributed by atoms with Crippen LogP contribution in [0.1, 0.15) is 25.5 Å². The van der Waals surface area contributed by atoms with Crippen molar-refractivity contribution < 1.29 is 4.79 Å². The lowest BCUT2D eigenvalue weighted by Crippen LogP contribution is -2.27. The van der Waals surface area contributed by atoms with Crippen molar-refractivity contribution in [3.8, 4) is 0 Å². The number of aromatic nitrogens is 1. The number of anilines is 1. The van der Waals surface area contributed by atoms with Gasteiger partial charge in [-0.1, -0.05) is 65.4 Å². The van der Waals surface area contributed by atoms with Gasteiger partial charge >= 0.3 is 0 Å². The second-order valence-corrected chi connectivity index (χ2v) is 9.21. The van der Waals surface area contributed by atoms with Crippen molar-refractivity contribution in [2.24, 2.45) is 0 Å². The number of thioether (sulfide) groups is 1. The predicted octanol–water partition coefficient (Wildman–Crippen LogP) is 6.93. The van der Waals surface area contributed by atoms with E-state index >= 15 is 0 Å². The van der Waals surface area contributed by atoms with Crippen molar-refractivity contribution in [1.82, 2.24) is 4.57 Å². The van der Waals surface area contributed by atoms with Crippen LogP contribution >= 0.6 is 47.2 Å². The fraction of sp³-hybridized carbons (Fsp3) is 0.143. The fourth-order valence-electron chi connectivity index (χ4n) is 3.23. The van der Waals surface area contributed by atoms with E-state index in [0.717, 1.165) is 16.5 Å². The Morgan fingerprint density at radius 3 is 2.57 bits per heavy atom. The number of nitrogens with zero attached hydrogens (tertiary/aromatic N) is 2. The number of carbonyl (C=O) groups is 1. The Morgan fingerprint density at radius 1 is 1.11 bits per heavy atom. The fourth-order valence-corrected chi connectivity index (χ4v) is 4.81. The number of amides is 1. The van der Waals surface area contributed by atoms with Gasteiger partial charge in [-0.25, -0.2) is 0 Å². The minimum absolute atomic E-state index is 0.158. The van der Waals surface area contributed by atoms with E-state index in [0.29, 0.717) is 31.0 Å². The number of para-hydroxylation sites is 1. The maximum Gasteiger partial charge on any atom is 0.270 e. The van der Waals surface area contributed by atoms with E-state index in [9.17, 15) is 4.79 Å². The maximum absolute atomic E-state index is 13.1. The predicted molar refractivity (Wildman–Crippen MR) is 124 cm³/mol. The van der Waals surface area contributed by atoms with Crippen molar-refractivity contribution in [2.45, 2.75) is 19.9 Å². The Morgan fingerprint density at radius 2 is 1.86 bits per heavy atom. The second kappa shape index (κ2) is 7.56. The van der Waals surface area contributed by atoms with Crippen LogP contribution < -0.4 is 4.90 Å². The average molecular weight is 447 g/mol. The highest BCUT2D eigenvalue weighted by molar-refractivity contribution is 8.27. The van der Waals surface area contributed by atoms with E-state index in [1.807, 2.05) is 18.2 Å². The highest BCUT2D eigenvalue weighted by atomic mass is 35.5. The van der Waals surface area contributed by atoms with Gasteiger partial charge < -0.3 is 4.57 Å². The molecule has 4 rings (SSSR count). The molecule has 0 saturated carbocycles. The Balaban J connectivity index is 1.76. The minimum atomic E-state index is -0.158. The molecule has 2 heterocycles. The molecule has 0 N–H and O–H groups in total. The second-order valence-electron chi connectivity index (χ2n) is 6.72. The molecule has 7 heteroatoms. The first-order valence-electron chi connectivity index (χ1n) is 8.69. The quantitative estimate of drug-likeness (QED) is 0.321. The number of thiocarbonyl (C=S) groups is 1. The van der Waals surface area contributed by atoms with E-state index in [-0.39, 0.29) is 5.91 Å². The SMILES string of the molecule is CC(C)n1cc(/C=C2\SC(=S)N(c3ccc(Cl)c(Cl)c3)C2=O)c2ccccc21. The molecule has 3 nitrogen and oxygen atoms in total. The molecule has 0 radical (unpaired) electrons. The van der Waals surface area contributed by atoms with E-state index in [1.54, 1.807) is 18.2 Å². The van der Waals surface area contributed by atoms with Crippen LogP contribution in [-0.4, -0.2) is 14.8 Å². The molecule has 1 aliphatic heterocycles. The number of hydrogen-bond donors (Lipinski definition) is 0. The van der Waals surface area contributed by atoms with E-state index in [2.05, 4.69) is 36.7 Å². The van der Waals surface area contributed by atoms with Crippen LogP contribution in [-0.2, 0) is 4.79 Å². The van der Waals surface area contributed by atoms with Crippen LogP contribution in [0.5, 0.6) is 0 Å². The number of hydrogen-bond acceptors (Lipinski definition) is 3. The summed E-state index contributed by atoms with van der Waals surface area (Å²) in [5.74, 6) is -0.158. The summed E-state index contributed by atoms with van der Waals surface area (Å²) in [4.78, 5) is 15.1. The molecule has 1 amide bonds. The zero-order valence-electron chi connectivity index (χ0n) is 15.1.